The summed E-state index contributed by atoms with van der Waals surface area (Å²) >= 11 is 8.14. The molecule has 1 saturated carbocycles. The molecule has 3 aliphatic heterocycles. The van der Waals surface area contributed by atoms with Crippen molar-refractivity contribution in [1.82, 2.24) is 9.80 Å². The minimum Gasteiger partial charge on any atom is -0.480 e. The number of thioether (sulfide) groups is 2. The lowest BCUT2D eigenvalue weighted by Crippen LogP contribution is -2.29. The standard InChI is InChI=1S/C28H27N3O3S3/c1-2-30-26(34)25(37-28(30)35)27-29(16-24(32)33)15-19(36-27)13-17-11-12-23-21(14-17)20-9-6-10-22(20)31(23)18-7-4-3-5-8-18/h3-5,7-8,11-14,20,22H,2,6,9-10,15-16H2,1H3,(H,32,33)/b19-13+,27-25-. The number of nitrogens with zero attached hydrogens (tertiary/aromatic N) is 3. The van der Waals surface area contributed by atoms with Crippen LogP contribution >= 0.6 is 35.7 Å². The SMILES string of the molecule is CCN1C(=O)/C(=C2/S/C(=C/c3ccc4c(c3)C3CCCC3N4c3ccccc3)CN2CC(=O)O)SC1=S. The molecule has 0 bridgehead atoms. The molecule has 1 aliphatic carbocycles. The van der Waals surface area contributed by atoms with Crippen molar-refractivity contribution >= 4 is 69.4 Å². The van der Waals surface area contributed by atoms with Crippen LogP contribution in [0.3, 0.4) is 0 Å². The maximum atomic E-state index is 13.0. The number of carbonyl (C=O) groups is 2. The molecule has 1 N–H and O–H groups in total. The number of carboxylic acids is 1. The lowest BCUT2D eigenvalue weighted by atomic mass is 9.96. The fourth-order valence-corrected chi connectivity index (χ4v) is 8.64. The summed E-state index contributed by atoms with van der Waals surface area (Å²) < 4.78 is 0.524. The van der Waals surface area contributed by atoms with Gasteiger partial charge in [0.2, 0.25) is 0 Å². The third-order valence-electron chi connectivity index (χ3n) is 7.43. The summed E-state index contributed by atoms with van der Waals surface area (Å²) in [6, 6.07) is 17.8. The summed E-state index contributed by atoms with van der Waals surface area (Å²) in [4.78, 5) is 32.0. The highest BCUT2D eigenvalue weighted by atomic mass is 32.2. The molecule has 2 unspecified atom stereocenters. The summed E-state index contributed by atoms with van der Waals surface area (Å²) in [5, 5.41) is 10.2. The van der Waals surface area contributed by atoms with Crippen molar-refractivity contribution in [3.63, 3.8) is 0 Å². The number of likely N-dealkylation sites (N-methyl/N-ethyl adjacent to an activating group) is 1. The fraction of sp³-hybridized carbons (Fsp3) is 0.321. The monoisotopic (exact) mass is 549 g/mol. The highest BCUT2D eigenvalue weighted by Gasteiger charge is 2.42. The molecule has 6 nitrogen and oxygen atoms in total. The van der Waals surface area contributed by atoms with Crippen LogP contribution in [0.1, 0.15) is 43.2 Å². The van der Waals surface area contributed by atoms with E-state index in [0.717, 1.165) is 10.5 Å². The minimum atomic E-state index is -0.920. The fourth-order valence-electron chi connectivity index (χ4n) is 5.91. The van der Waals surface area contributed by atoms with Gasteiger partial charge in [0.1, 0.15) is 15.8 Å². The average Bonchev–Trinajstić information content (AvgIpc) is 3.62. The van der Waals surface area contributed by atoms with Crippen molar-refractivity contribution in [2.75, 3.05) is 24.5 Å². The van der Waals surface area contributed by atoms with Crippen LogP contribution in [0, 0.1) is 0 Å². The molecule has 0 radical (unpaired) electrons. The lowest BCUT2D eigenvalue weighted by Gasteiger charge is -2.27. The average molecular weight is 550 g/mol. The number of hydrogen-bond acceptors (Lipinski definition) is 7. The summed E-state index contributed by atoms with van der Waals surface area (Å²) in [5.74, 6) is -0.530. The Bertz CT molecular complexity index is 1360. The van der Waals surface area contributed by atoms with Crippen molar-refractivity contribution in [2.24, 2.45) is 0 Å². The zero-order valence-corrected chi connectivity index (χ0v) is 22.9. The van der Waals surface area contributed by atoms with Gasteiger partial charge in [-0.3, -0.25) is 14.5 Å². The van der Waals surface area contributed by atoms with Crippen molar-refractivity contribution in [3.05, 3.63) is 74.5 Å². The molecule has 3 heterocycles. The van der Waals surface area contributed by atoms with Gasteiger partial charge in [-0.25, -0.2) is 0 Å². The molecule has 2 aromatic rings. The van der Waals surface area contributed by atoms with Crippen molar-refractivity contribution in [2.45, 2.75) is 38.1 Å². The van der Waals surface area contributed by atoms with E-state index in [1.165, 1.54) is 59.7 Å². The first-order valence-corrected chi connectivity index (χ1v) is 14.6. The van der Waals surface area contributed by atoms with Gasteiger partial charge in [-0.2, -0.15) is 0 Å². The Morgan fingerprint density at radius 3 is 2.70 bits per heavy atom. The Kier molecular flexibility index (Phi) is 6.54. The molecule has 6 rings (SSSR count). The normalized spacial score (nSPS) is 26.0. The van der Waals surface area contributed by atoms with E-state index in [4.69, 9.17) is 12.2 Å². The molecular formula is C28H27N3O3S3. The Hall–Kier alpha value is -2.75. The predicted molar refractivity (Wildman–Crippen MR) is 155 cm³/mol. The van der Waals surface area contributed by atoms with E-state index in [1.807, 2.05) is 6.92 Å². The summed E-state index contributed by atoms with van der Waals surface area (Å²) in [5.41, 5.74) is 5.04. The van der Waals surface area contributed by atoms with Gasteiger partial charge >= 0.3 is 5.97 Å². The van der Waals surface area contributed by atoms with E-state index in [2.05, 4.69) is 59.5 Å². The number of rotatable bonds is 5. The quantitative estimate of drug-likeness (QED) is 0.360. The van der Waals surface area contributed by atoms with E-state index < -0.39 is 5.97 Å². The van der Waals surface area contributed by atoms with Crippen LogP contribution in [0.15, 0.2) is 63.4 Å². The molecule has 0 aromatic heterocycles. The van der Waals surface area contributed by atoms with E-state index in [-0.39, 0.29) is 12.5 Å². The summed E-state index contributed by atoms with van der Waals surface area (Å²) in [6.45, 7) is 2.70. The van der Waals surface area contributed by atoms with Crippen LogP contribution in [-0.4, -0.2) is 56.8 Å². The van der Waals surface area contributed by atoms with E-state index in [0.29, 0.717) is 39.3 Å². The molecule has 3 fully saturated rings. The Morgan fingerprint density at radius 1 is 1.16 bits per heavy atom. The van der Waals surface area contributed by atoms with Gasteiger partial charge in [0.05, 0.1) is 11.6 Å². The maximum absolute atomic E-state index is 13.0. The molecule has 2 atom stereocenters. The minimum absolute atomic E-state index is 0.137. The van der Waals surface area contributed by atoms with Crippen molar-refractivity contribution in [1.29, 1.82) is 0 Å². The van der Waals surface area contributed by atoms with Gasteiger partial charge in [0, 0.05) is 34.8 Å². The molecule has 37 heavy (non-hydrogen) atoms. The number of thiocarbonyl (C=S) groups is 1. The number of fused-ring (bicyclic) bond motifs is 3. The maximum Gasteiger partial charge on any atom is 0.323 e. The van der Waals surface area contributed by atoms with Crippen LogP contribution in [0.5, 0.6) is 0 Å². The summed E-state index contributed by atoms with van der Waals surface area (Å²) in [6.07, 6.45) is 5.78. The third kappa shape index (κ3) is 4.36. The lowest BCUT2D eigenvalue weighted by molar-refractivity contribution is -0.137. The topological polar surface area (TPSA) is 64.1 Å². The highest BCUT2D eigenvalue weighted by Crippen LogP contribution is 2.53. The van der Waals surface area contributed by atoms with Crippen LogP contribution < -0.4 is 4.90 Å². The van der Waals surface area contributed by atoms with Gasteiger partial charge in [-0.05, 0) is 61.2 Å². The first-order valence-electron chi connectivity index (χ1n) is 12.6. The second kappa shape index (κ2) is 9.85. The Balaban J connectivity index is 1.33. The van der Waals surface area contributed by atoms with Crippen LogP contribution in [0.4, 0.5) is 11.4 Å². The van der Waals surface area contributed by atoms with Crippen LogP contribution in [0.2, 0.25) is 0 Å². The number of hydrogen-bond donors (Lipinski definition) is 1. The van der Waals surface area contributed by atoms with Gasteiger partial charge in [-0.1, -0.05) is 66.4 Å². The molecule has 190 valence electrons. The van der Waals surface area contributed by atoms with Crippen molar-refractivity contribution < 1.29 is 14.7 Å². The number of amides is 1. The number of anilines is 2. The first kappa shape index (κ1) is 24.6. The van der Waals surface area contributed by atoms with Gasteiger partial charge in [-0.15, -0.1) is 0 Å². The van der Waals surface area contributed by atoms with Gasteiger partial charge in [0.25, 0.3) is 5.91 Å². The van der Waals surface area contributed by atoms with E-state index >= 15 is 0 Å². The van der Waals surface area contributed by atoms with E-state index in [9.17, 15) is 14.7 Å². The van der Waals surface area contributed by atoms with Crippen LogP contribution in [-0.2, 0) is 9.59 Å². The second-order valence-corrected chi connectivity index (χ2v) is 12.4. The number of para-hydroxylation sites is 1. The molecular weight excluding hydrogens is 523 g/mol. The molecule has 4 aliphatic rings. The number of carbonyl (C=O) groups excluding carboxylic acids is 1. The van der Waals surface area contributed by atoms with E-state index in [1.54, 1.807) is 9.80 Å². The predicted octanol–water partition coefficient (Wildman–Crippen LogP) is 6.00. The smallest absolute Gasteiger partial charge is 0.323 e. The third-order valence-corrected chi connectivity index (χ3v) is 10.2. The number of aliphatic carboxylic acids is 1. The molecule has 2 aromatic carbocycles. The second-order valence-electron chi connectivity index (χ2n) is 9.64. The number of carboxylic acid groups (broad SMARTS) is 1. The van der Waals surface area contributed by atoms with Crippen LogP contribution in [0.25, 0.3) is 6.08 Å². The van der Waals surface area contributed by atoms with Gasteiger partial charge in [0.15, 0.2) is 0 Å². The van der Waals surface area contributed by atoms with Gasteiger partial charge < -0.3 is 14.9 Å². The molecule has 2 saturated heterocycles. The highest BCUT2D eigenvalue weighted by molar-refractivity contribution is 8.27. The molecule has 9 heteroatoms. The molecule has 1 amide bonds. The van der Waals surface area contributed by atoms with Crippen molar-refractivity contribution in [3.8, 4) is 0 Å². The largest absolute Gasteiger partial charge is 0.480 e. The summed E-state index contributed by atoms with van der Waals surface area (Å²) in [7, 11) is 0. The zero-order chi connectivity index (χ0) is 25.7. The molecule has 0 spiro atoms. The zero-order valence-electron chi connectivity index (χ0n) is 20.4. The number of benzene rings is 2. The Morgan fingerprint density at radius 2 is 1.97 bits per heavy atom. The first-order chi connectivity index (χ1) is 17.9. The Labute approximate surface area is 230 Å².